The van der Waals surface area contributed by atoms with E-state index in [0.29, 0.717) is 23.8 Å². The first-order valence-corrected chi connectivity index (χ1v) is 7.74. The van der Waals surface area contributed by atoms with E-state index in [1.54, 1.807) is 0 Å². The fraction of sp³-hybridized carbons (Fsp3) is 0.176. The number of pyridine rings is 1. The number of aromatic nitrogens is 1. The molecule has 0 aliphatic rings. The maximum Gasteiger partial charge on any atom is 1.00 e. The SMILES string of the molecule is CCCc1c2nc(C(=O)[O-])cc(Cl)c2cc2c(=O)cc(C(=O)[O-])oc12.[Na+].[Na+]. The van der Waals surface area contributed by atoms with Gasteiger partial charge in [-0.1, -0.05) is 24.9 Å². The van der Waals surface area contributed by atoms with Gasteiger partial charge in [0.05, 0.1) is 27.6 Å². The quantitative estimate of drug-likeness (QED) is 0.314. The average Bonchev–Trinajstić information content (AvgIpc) is 2.55. The summed E-state index contributed by atoms with van der Waals surface area (Å²) in [4.78, 5) is 38.5. The molecule has 0 saturated heterocycles. The van der Waals surface area contributed by atoms with Crippen LogP contribution in [0.4, 0.5) is 0 Å². The van der Waals surface area contributed by atoms with Gasteiger partial charge < -0.3 is 24.2 Å². The molecule has 3 aromatic rings. The number of benzene rings is 1. The van der Waals surface area contributed by atoms with E-state index in [4.69, 9.17) is 16.0 Å². The Morgan fingerprint density at radius 2 is 1.78 bits per heavy atom. The predicted octanol–water partition coefficient (Wildman–Crippen LogP) is -5.32. The number of halogens is 1. The monoisotopic (exact) mass is 405 g/mol. The Balaban J connectivity index is 0.00000182. The van der Waals surface area contributed by atoms with Gasteiger partial charge in [-0.25, -0.2) is 4.98 Å². The molecule has 0 spiro atoms. The van der Waals surface area contributed by atoms with Gasteiger partial charge in [-0.05, 0) is 18.6 Å². The second-order valence-corrected chi connectivity index (χ2v) is 5.82. The largest absolute Gasteiger partial charge is 1.00 e. The number of carboxylic acids is 2. The second-order valence-electron chi connectivity index (χ2n) is 5.42. The van der Waals surface area contributed by atoms with Crippen molar-refractivity contribution < 1.29 is 83.3 Å². The van der Waals surface area contributed by atoms with E-state index in [0.717, 1.165) is 12.1 Å². The fourth-order valence-electron chi connectivity index (χ4n) is 2.69. The summed E-state index contributed by atoms with van der Waals surface area (Å²) in [6, 6.07) is 3.37. The summed E-state index contributed by atoms with van der Waals surface area (Å²) in [5.41, 5.74) is -0.285. The number of aromatic carboxylic acids is 2. The van der Waals surface area contributed by atoms with Crippen LogP contribution in [-0.4, -0.2) is 16.9 Å². The summed E-state index contributed by atoms with van der Waals surface area (Å²) in [5.74, 6) is -3.75. The molecule has 0 radical (unpaired) electrons. The number of nitrogens with zero attached hydrogens (tertiary/aromatic N) is 1. The Morgan fingerprint density at radius 1 is 1.11 bits per heavy atom. The van der Waals surface area contributed by atoms with Gasteiger partial charge in [0.15, 0.2) is 11.2 Å². The zero-order chi connectivity index (χ0) is 18.3. The molecule has 0 atom stereocenters. The van der Waals surface area contributed by atoms with Crippen LogP contribution in [0.1, 0.15) is 40.0 Å². The first kappa shape index (κ1) is 24.1. The fourth-order valence-corrected chi connectivity index (χ4v) is 2.94. The van der Waals surface area contributed by atoms with Crippen LogP contribution in [0, 0.1) is 0 Å². The van der Waals surface area contributed by atoms with Gasteiger partial charge in [-0.15, -0.1) is 0 Å². The Kier molecular flexibility index (Phi) is 8.50. The van der Waals surface area contributed by atoms with Gasteiger partial charge in [0.25, 0.3) is 0 Å². The molecule has 7 nitrogen and oxygen atoms in total. The molecule has 27 heavy (non-hydrogen) atoms. The van der Waals surface area contributed by atoms with Crippen molar-refractivity contribution in [2.24, 2.45) is 0 Å². The summed E-state index contributed by atoms with van der Waals surface area (Å²) >= 11 is 6.14. The molecule has 0 unspecified atom stereocenters. The molecule has 1 aromatic carbocycles. The number of hydrogen-bond acceptors (Lipinski definition) is 7. The van der Waals surface area contributed by atoms with E-state index in [1.165, 1.54) is 6.07 Å². The number of carbonyl (C=O) groups excluding carboxylic acids is 2. The van der Waals surface area contributed by atoms with Crippen LogP contribution in [0.5, 0.6) is 0 Å². The van der Waals surface area contributed by atoms with Crippen LogP contribution >= 0.6 is 11.6 Å². The van der Waals surface area contributed by atoms with Gasteiger partial charge in [0, 0.05) is 17.0 Å². The first-order chi connectivity index (χ1) is 11.8. The number of rotatable bonds is 4. The number of carboxylic acid groups (broad SMARTS) is 2. The van der Waals surface area contributed by atoms with Crippen LogP contribution in [-0.2, 0) is 6.42 Å². The Labute approximate surface area is 202 Å². The molecular formula is C17H10ClNNa2O6. The van der Waals surface area contributed by atoms with Crippen molar-refractivity contribution in [2.75, 3.05) is 0 Å². The maximum atomic E-state index is 12.3. The van der Waals surface area contributed by atoms with Crippen molar-refractivity contribution in [3.63, 3.8) is 0 Å². The molecule has 3 rings (SSSR count). The van der Waals surface area contributed by atoms with E-state index >= 15 is 0 Å². The molecule has 10 heteroatoms. The zero-order valence-electron chi connectivity index (χ0n) is 14.9. The van der Waals surface area contributed by atoms with Gasteiger partial charge in [0.2, 0.25) is 0 Å². The van der Waals surface area contributed by atoms with Crippen molar-refractivity contribution in [3.8, 4) is 0 Å². The van der Waals surface area contributed by atoms with Crippen LogP contribution < -0.4 is 74.8 Å². The van der Waals surface area contributed by atoms with Gasteiger partial charge in [-0.2, -0.15) is 0 Å². The first-order valence-electron chi connectivity index (χ1n) is 7.36. The van der Waals surface area contributed by atoms with Crippen LogP contribution in [0.15, 0.2) is 27.4 Å². The molecule has 2 heterocycles. The molecular weight excluding hydrogens is 396 g/mol. The normalized spacial score (nSPS) is 10.3. The predicted molar refractivity (Wildman–Crippen MR) is 85.5 cm³/mol. The van der Waals surface area contributed by atoms with Gasteiger partial charge in [0.1, 0.15) is 11.6 Å². The molecule has 0 fully saturated rings. The third kappa shape index (κ3) is 4.56. The van der Waals surface area contributed by atoms with Crippen molar-refractivity contribution in [3.05, 3.63) is 50.5 Å². The van der Waals surface area contributed by atoms with Crippen LogP contribution in [0.25, 0.3) is 21.9 Å². The Bertz CT molecular complexity index is 1110. The standard InChI is InChI=1S/C17H12ClNO6.2Na/c1-2-3-7-14-8(10(18)5-11(19-14)16(21)22)4-9-12(20)6-13(17(23)24)25-15(7)9;;/h4-6H,2-3H2,1H3,(H,21,22)(H,23,24);;/q;2*+1/p-2. The number of hydrogen-bond donors (Lipinski definition) is 0. The molecule has 0 bridgehead atoms. The van der Waals surface area contributed by atoms with E-state index in [-0.39, 0.29) is 86.3 Å². The van der Waals surface area contributed by atoms with Gasteiger partial charge in [-0.3, -0.25) is 4.79 Å². The molecule has 0 aliphatic heterocycles. The minimum Gasteiger partial charge on any atom is -0.543 e. The maximum absolute atomic E-state index is 12.3. The Morgan fingerprint density at radius 3 is 2.33 bits per heavy atom. The van der Waals surface area contributed by atoms with E-state index in [2.05, 4.69) is 4.98 Å². The number of carbonyl (C=O) groups is 2. The van der Waals surface area contributed by atoms with Crippen molar-refractivity contribution in [2.45, 2.75) is 19.8 Å². The molecule has 0 aliphatic carbocycles. The van der Waals surface area contributed by atoms with Crippen molar-refractivity contribution in [1.29, 1.82) is 0 Å². The van der Waals surface area contributed by atoms with Crippen molar-refractivity contribution in [1.82, 2.24) is 4.98 Å². The summed E-state index contributed by atoms with van der Waals surface area (Å²) < 4.78 is 5.33. The third-order valence-electron chi connectivity index (χ3n) is 3.75. The molecule has 2 aromatic heterocycles. The summed E-state index contributed by atoms with van der Waals surface area (Å²) in [5, 5.41) is 22.8. The minimum absolute atomic E-state index is 0. The summed E-state index contributed by atoms with van der Waals surface area (Å²) in [7, 11) is 0. The summed E-state index contributed by atoms with van der Waals surface area (Å²) in [6.07, 6.45) is 0.982. The van der Waals surface area contributed by atoms with Gasteiger partial charge >= 0.3 is 59.1 Å². The number of aryl methyl sites for hydroxylation is 1. The van der Waals surface area contributed by atoms with E-state index in [1.807, 2.05) is 6.92 Å². The average molecular weight is 406 g/mol. The van der Waals surface area contributed by atoms with E-state index in [9.17, 15) is 24.6 Å². The van der Waals surface area contributed by atoms with E-state index < -0.39 is 23.1 Å². The summed E-state index contributed by atoms with van der Waals surface area (Å²) in [6.45, 7) is 1.86. The molecule has 0 saturated carbocycles. The number of fused-ring (bicyclic) bond motifs is 2. The topological polar surface area (TPSA) is 123 Å². The second kappa shape index (κ2) is 9.52. The molecule has 0 N–H and O–H groups in total. The molecule has 128 valence electrons. The third-order valence-corrected chi connectivity index (χ3v) is 4.06. The van der Waals surface area contributed by atoms with Crippen LogP contribution in [0.2, 0.25) is 5.02 Å². The minimum atomic E-state index is -1.63. The van der Waals surface area contributed by atoms with Crippen molar-refractivity contribution >= 4 is 45.4 Å². The Hall–Kier alpha value is -0.930. The van der Waals surface area contributed by atoms with Crippen LogP contribution in [0.3, 0.4) is 0 Å². The smallest absolute Gasteiger partial charge is 0.543 e. The zero-order valence-corrected chi connectivity index (χ0v) is 19.7. The molecule has 0 amide bonds.